The number of carboxylic acid groups (broad SMARTS) is 1. The third kappa shape index (κ3) is 8.72. The molecule has 0 heterocycles. The van der Waals surface area contributed by atoms with Crippen LogP contribution < -0.4 is 4.74 Å². The van der Waals surface area contributed by atoms with Crippen LogP contribution in [0.5, 0.6) is 5.75 Å². The molecule has 2 aromatic carbocycles. The zero-order chi connectivity index (χ0) is 20.7. The first-order chi connectivity index (χ1) is 14.2. The molecule has 3 heteroatoms. The quantitative estimate of drug-likeness (QED) is 0.317. The average Bonchev–Trinajstić information content (AvgIpc) is 2.75. The smallest absolute Gasteiger partial charge is 0.344 e. The summed E-state index contributed by atoms with van der Waals surface area (Å²) >= 11 is 0. The SMILES string of the molecule is CCCCCCCCCCCCC(Oc1ccccc1-c1ccccc1)C(=O)O. The number of ether oxygens (including phenoxy) is 1. The van der Waals surface area contributed by atoms with Gasteiger partial charge in [-0.3, -0.25) is 0 Å². The van der Waals surface area contributed by atoms with Crippen LogP contribution in [-0.4, -0.2) is 17.2 Å². The van der Waals surface area contributed by atoms with Crippen molar-refractivity contribution in [2.24, 2.45) is 0 Å². The highest BCUT2D eigenvalue weighted by Crippen LogP contribution is 2.31. The molecule has 0 bridgehead atoms. The van der Waals surface area contributed by atoms with Gasteiger partial charge in [0.1, 0.15) is 5.75 Å². The molecule has 0 amide bonds. The Balaban J connectivity index is 1.76. The van der Waals surface area contributed by atoms with E-state index < -0.39 is 12.1 Å². The van der Waals surface area contributed by atoms with E-state index in [1.165, 1.54) is 51.4 Å². The van der Waals surface area contributed by atoms with E-state index in [1.807, 2.05) is 54.6 Å². The lowest BCUT2D eigenvalue weighted by Gasteiger charge is -2.18. The van der Waals surface area contributed by atoms with Gasteiger partial charge in [-0.15, -0.1) is 0 Å². The van der Waals surface area contributed by atoms with Crippen molar-refractivity contribution in [1.29, 1.82) is 0 Å². The minimum Gasteiger partial charge on any atom is -0.479 e. The van der Waals surface area contributed by atoms with Crippen LogP contribution in [0.1, 0.15) is 77.6 Å². The summed E-state index contributed by atoms with van der Waals surface area (Å²) in [5.41, 5.74) is 1.97. The van der Waals surface area contributed by atoms with Crippen molar-refractivity contribution in [3.8, 4) is 16.9 Å². The fourth-order valence-electron chi connectivity index (χ4n) is 3.63. The lowest BCUT2D eigenvalue weighted by Crippen LogP contribution is -2.27. The number of carbonyl (C=O) groups is 1. The summed E-state index contributed by atoms with van der Waals surface area (Å²) in [4.78, 5) is 11.7. The highest BCUT2D eigenvalue weighted by atomic mass is 16.5. The van der Waals surface area contributed by atoms with Gasteiger partial charge in [-0.05, 0) is 24.5 Å². The molecule has 0 aliphatic heterocycles. The Labute approximate surface area is 176 Å². The van der Waals surface area contributed by atoms with Gasteiger partial charge in [0, 0.05) is 5.56 Å². The summed E-state index contributed by atoms with van der Waals surface area (Å²) in [5, 5.41) is 9.61. The molecule has 0 spiro atoms. The summed E-state index contributed by atoms with van der Waals surface area (Å²) in [6, 6.07) is 17.6. The summed E-state index contributed by atoms with van der Waals surface area (Å²) in [7, 11) is 0. The van der Waals surface area contributed by atoms with Gasteiger partial charge in [-0.25, -0.2) is 4.79 Å². The largest absolute Gasteiger partial charge is 0.479 e. The third-order valence-electron chi connectivity index (χ3n) is 5.34. The van der Waals surface area contributed by atoms with Gasteiger partial charge in [0.05, 0.1) is 0 Å². The maximum atomic E-state index is 11.7. The van der Waals surface area contributed by atoms with Crippen molar-refractivity contribution < 1.29 is 14.6 Å². The maximum Gasteiger partial charge on any atom is 0.344 e. The fourth-order valence-corrected chi connectivity index (χ4v) is 3.63. The molecule has 1 unspecified atom stereocenters. The normalized spacial score (nSPS) is 11.9. The number of carboxylic acids is 1. The van der Waals surface area contributed by atoms with Gasteiger partial charge in [0.15, 0.2) is 6.10 Å². The zero-order valence-corrected chi connectivity index (χ0v) is 17.8. The second-order valence-corrected chi connectivity index (χ2v) is 7.78. The Hall–Kier alpha value is -2.29. The molecule has 0 fully saturated rings. The molecule has 29 heavy (non-hydrogen) atoms. The molecule has 1 atom stereocenters. The van der Waals surface area contributed by atoms with Gasteiger partial charge >= 0.3 is 5.97 Å². The van der Waals surface area contributed by atoms with E-state index >= 15 is 0 Å². The zero-order valence-electron chi connectivity index (χ0n) is 17.8. The van der Waals surface area contributed by atoms with E-state index in [1.54, 1.807) is 0 Å². The van der Waals surface area contributed by atoms with Crippen LogP contribution in [0, 0.1) is 0 Å². The Morgan fingerprint density at radius 2 is 1.34 bits per heavy atom. The van der Waals surface area contributed by atoms with E-state index in [0.717, 1.165) is 24.0 Å². The third-order valence-corrected chi connectivity index (χ3v) is 5.34. The number of hydrogen-bond donors (Lipinski definition) is 1. The molecule has 0 saturated carbocycles. The predicted molar refractivity (Wildman–Crippen MR) is 120 cm³/mol. The molecule has 0 radical (unpaired) electrons. The van der Waals surface area contributed by atoms with Gasteiger partial charge in [0.2, 0.25) is 0 Å². The van der Waals surface area contributed by atoms with Crippen LogP contribution in [0.3, 0.4) is 0 Å². The Morgan fingerprint density at radius 1 is 0.793 bits per heavy atom. The summed E-state index contributed by atoms with van der Waals surface area (Å²) in [6.45, 7) is 2.24. The molecule has 0 saturated heterocycles. The van der Waals surface area contributed by atoms with Crippen LogP contribution in [0.4, 0.5) is 0 Å². The average molecular weight is 397 g/mol. The van der Waals surface area contributed by atoms with E-state index in [2.05, 4.69) is 6.92 Å². The standard InChI is InChI=1S/C26H36O3/c1-2-3-4-5-6-7-8-9-10-14-21-25(26(27)28)29-24-20-16-15-19-23(24)22-17-12-11-13-18-22/h11-13,15-20,25H,2-10,14,21H2,1H3,(H,27,28). The highest BCUT2D eigenvalue weighted by Gasteiger charge is 2.20. The van der Waals surface area contributed by atoms with E-state index in [0.29, 0.717) is 12.2 Å². The van der Waals surface area contributed by atoms with Crippen LogP contribution >= 0.6 is 0 Å². The molecule has 2 rings (SSSR count). The van der Waals surface area contributed by atoms with Crippen LogP contribution in [0.15, 0.2) is 54.6 Å². The topological polar surface area (TPSA) is 46.5 Å². The molecule has 0 aliphatic carbocycles. The number of para-hydroxylation sites is 1. The van der Waals surface area contributed by atoms with Crippen LogP contribution in [-0.2, 0) is 4.79 Å². The van der Waals surface area contributed by atoms with Crippen molar-refractivity contribution in [1.82, 2.24) is 0 Å². The molecule has 158 valence electrons. The first-order valence-electron chi connectivity index (χ1n) is 11.3. The van der Waals surface area contributed by atoms with Gasteiger partial charge in [-0.2, -0.15) is 0 Å². The second kappa shape index (κ2) is 13.8. The van der Waals surface area contributed by atoms with Gasteiger partial charge in [0.25, 0.3) is 0 Å². The van der Waals surface area contributed by atoms with Gasteiger partial charge in [-0.1, -0.05) is 113 Å². The van der Waals surface area contributed by atoms with Crippen molar-refractivity contribution in [2.45, 2.75) is 83.7 Å². The van der Waals surface area contributed by atoms with Gasteiger partial charge < -0.3 is 9.84 Å². The van der Waals surface area contributed by atoms with Crippen molar-refractivity contribution in [3.63, 3.8) is 0 Å². The molecule has 2 aromatic rings. The fraction of sp³-hybridized carbons (Fsp3) is 0.500. The van der Waals surface area contributed by atoms with E-state index in [-0.39, 0.29) is 0 Å². The number of hydrogen-bond acceptors (Lipinski definition) is 2. The van der Waals surface area contributed by atoms with Crippen molar-refractivity contribution in [2.75, 3.05) is 0 Å². The number of aliphatic carboxylic acids is 1. The summed E-state index contributed by atoms with van der Waals surface area (Å²) in [6.07, 6.45) is 12.1. The Kier molecular flexibility index (Phi) is 11.0. The predicted octanol–water partition coefficient (Wildman–Crippen LogP) is 7.50. The molecular formula is C26H36O3. The van der Waals surface area contributed by atoms with E-state index in [4.69, 9.17) is 4.74 Å². The number of rotatable bonds is 15. The molecule has 0 aliphatic rings. The maximum absolute atomic E-state index is 11.7. The number of unbranched alkanes of at least 4 members (excludes halogenated alkanes) is 9. The minimum atomic E-state index is -0.885. The molecular weight excluding hydrogens is 360 g/mol. The molecule has 1 N–H and O–H groups in total. The van der Waals surface area contributed by atoms with E-state index in [9.17, 15) is 9.90 Å². The first kappa shape index (κ1) is 23.0. The monoisotopic (exact) mass is 396 g/mol. The highest BCUT2D eigenvalue weighted by molar-refractivity contribution is 5.74. The second-order valence-electron chi connectivity index (χ2n) is 7.78. The summed E-state index contributed by atoms with van der Waals surface area (Å²) in [5.74, 6) is -0.248. The lowest BCUT2D eigenvalue weighted by atomic mass is 10.0. The van der Waals surface area contributed by atoms with Crippen molar-refractivity contribution >= 4 is 5.97 Å². The molecule has 0 aromatic heterocycles. The van der Waals surface area contributed by atoms with Crippen LogP contribution in [0.25, 0.3) is 11.1 Å². The van der Waals surface area contributed by atoms with Crippen molar-refractivity contribution in [3.05, 3.63) is 54.6 Å². The lowest BCUT2D eigenvalue weighted by molar-refractivity contribution is -0.145. The summed E-state index contributed by atoms with van der Waals surface area (Å²) < 4.78 is 5.94. The Morgan fingerprint density at radius 3 is 1.97 bits per heavy atom. The van der Waals surface area contributed by atoms with Crippen LogP contribution in [0.2, 0.25) is 0 Å². The first-order valence-corrected chi connectivity index (χ1v) is 11.3. The minimum absolute atomic E-state index is 0.551. The molecule has 3 nitrogen and oxygen atoms in total. The Bertz CT molecular complexity index is 696. The number of benzene rings is 2.